The Morgan fingerprint density at radius 3 is 1.83 bits per heavy atom. The van der Waals surface area contributed by atoms with Gasteiger partial charge in [-0.25, -0.2) is 0 Å². The van der Waals surface area contributed by atoms with E-state index in [4.69, 9.17) is 5.73 Å². The van der Waals surface area contributed by atoms with Crippen molar-refractivity contribution in [1.29, 1.82) is 0 Å². The largest absolute Gasteiger partial charge is 0.343 e. The lowest BCUT2D eigenvalue weighted by molar-refractivity contribution is -0.131. The maximum atomic E-state index is 12.0. The summed E-state index contributed by atoms with van der Waals surface area (Å²) in [6, 6.07) is 0. The lowest BCUT2D eigenvalue weighted by Crippen LogP contribution is -2.34. The fraction of sp³-hybridized carbons (Fsp3) is 0.929. The molecule has 0 aliphatic carbocycles. The average molecular weight is 279 g/mol. The van der Waals surface area contributed by atoms with Gasteiger partial charge in [0.25, 0.3) is 0 Å². The van der Waals surface area contributed by atoms with Crippen molar-refractivity contribution in [3.8, 4) is 0 Å². The van der Waals surface area contributed by atoms with E-state index in [1.54, 1.807) is 0 Å². The van der Waals surface area contributed by atoms with E-state index in [-0.39, 0.29) is 18.3 Å². The zero-order valence-corrected chi connectivity index (χ0v) is 13.3. The molecule has 4 heteroatoms. The van der Waals surface area contributed by atoms with E-state index in [9.17, 15) is 4.79 Å². The lowest BCUT2D eigenvalue weighted by Gasteiger charge is -2.24. The molecule has 18 heavy (non-hydrogen) atoms. The fourth-order valence-corrected chi connectivity index (χ4v) is 1.60. The first kappa shape index (κ1) is 20.0. The monoisotopic (exact) mass is 278 g/mol. The van der Waals surface area contributed by atoms with Crippen LogP contribution in [0.3, 0.4) is 0 Å². The molecule has 0 spiro atoms. The number of halogens is 1. The van der Waals surface area contributed by atoms with Crippen LogP contribution >= 0.6 is 12.4 Å². The predicted octanol–water partition coefficient (Wildman–Crippen LogP) is 3.07. The molecule has 0 heterocycles. The Balaban J connectivity index is 0. The highest BCUT2D eigenvalue weighted by atomic mass is 35.5. The Hall–Kier alpha value is -0.280. The van der Waals surface area contributed by atoms with Crippen LogP contribution in [-0.2, 0) is 4.79 Å². The molecule has 0 aliphatic heterocycles. The maximum Gasteiger partial charge on any atom is 0.222 e. The van der Waals surface area contributed by atoms with Crippen molar-refractivity contribution in [2.75, 3.05) is 19.6 Å². The molecular formula is C14H31ClN2O. The summed E-state index contributed by atoms with van der Waals surface area (Å²) in [6.45, 7) is 11.2. The normalized spacial score (nSPS) is 10.6. The molecule has 0 rings (SSSR count). The molecule has 0 aromatic heterocycles. The summed E-state index contributed by atoms with van der Waals surface area (Å²) in [5.41, 5.74) is 5.45. The van der Waals surface area contributed by atoms with E-state index in [1.165, 1.54) is 0 Å². The molecule has 0 aromatic carbocycles. The van der Waals surface area contributed by atoms with Crippen molar-refractivity contribution < 1.29 is 4.79 Å². The standard InChI is InChI=1S/C14H30N2O.ClH/c1-12(2)7-10-16(11-8-13(3)4)14(17)6-5-9-15;/h12-13H,5-11,15H2,1-4H3;1H. The Labute approximate surface area is 119 Å². The van der Waals surface area contributed by atoms with Crippen LogP contribution in [0, 0.1) is 11.8 Å². The first-order valence-electron chi connectivity index (χ1n) is 6.95. The number of nitrogens with two attached hydrogens (primary N) is 1. The van der Waals surface area contributed by atoms with Gasteiger partial charge in [-0.05, 0) is 37.6 Å². The van der Waals surface area contributed by atoms with Crippen molar-refractivity contribution in [1.82, 2.24) is 4.90 Å². The zero-order valence-electron chi connectivity index (χ0n) is 12.4. The number of rotatable bonds is 9. The summed E-state index contributed by atoms with van der Waals surface area (Å²) < 4.78 is 0. The Morgan fingerprint density at radius 1 is 1.06 bits per heavy atom. The maximum absolute atomic E-state index is 12.0. The first-order chi connectivity index (χ1) is 7.97. The molecule has 0 aliphatic rings. The highest BCUT2D eigenvalue weighted by Crippen LogP contribution is 2.08. The van der Waals surface area contributed by atoms with Crippen molar-refractivity contribution in [2.45, 2.75) is 53.4 Å². The zero-order chi connectivity index (χ0) is 13.3. The molecule has 0 fully saturated rings. The van der Waals surface area contributed by atoms with Gasteiger partial charge >= 0.3 is 0 Å². The van der Waals surface area contributed by atoms with Crippen molar-refractivity contribution in [3.05, 3.63) is 0 Å². The van der Waals surface area contributed by atoms with Crippen LogP contribution in [0.1, 0.15) is 53.4 Å². The molecule has 0 atom stereocenters. The molecule has 0 radical (unpaired) electrons. The Kier molecular flexibility index (Phi) is 13.1. The van der Waals surface area contributed by atoms with Gasteiger partial charge in [-0.1, -0.05) is 27.7 Å². The van der Waals surface area contributed by atoms with Crippen molar-refractivity contribution in [2.24, 2.45) is 17.6 Å². The van der Waals surface area contributed by atoms with Crippen LogP contribution in [0.25, 0.3) is 0 Å². The van der Waals surface area contributed by atoms with Crippen molar-refractivity contribution in [3.63, 3.8) is 0 Å². The van der Waals surface area contributed by atoms with E-state index in [1.807, 2.05) is 4.90 Å². The van der Waals surface area contributed by atoms with Gasteiger partial charge in [-0.2, -0.15) is 0 Å². The van der Waals surface area contributed by atoms with E-state index in [2.05, 4.69) is 27.7 Å². The topological polar surface area (TPSA) is 46.3 Å². The Morgan fingerprint density at radius 2 is 1.50 bits per heavy atom. The van der Waals surface area contributed by atoms with Gasteiger partial charge in [0.1, 0.15) is 0 Å². The highest BCUT2D eigenvalue weighted by Gasteiger charge is 2.13. The summed E-state index contributed by atoms with van der Waals surface area (Å²) in [5, 5.41) is 0. The summed E-state index contributed by atoms with van der Waals surface area (Å²) in [4.78, 5) is 14.0. The van der Waals surface area contributed by atoms with Gasteiger partial charge in [0.2, 0.25) is 5.91 Å². The SMILES string of the molecule is CC(C)CCN(CCC(C)C)C(=O)CCCN.Cl. The van der Waals surface area contributed by atoms with Gasteiger partial charge in [0, 0.05) is 19.5 Å². The highest BCUT2D eigenvalue weighted by molar-refractivity contribution is 5.85. The third-order valence-electron chi connectivity index (χ3n) is 2.90. The Bertz CT molecular complexity index is 196. The van der Waals surface area contributed by atoms with Gasteiger partial charge in [-0.15, -0.1) is 12.4 Å². The van der Waals surface area contributed by atoms with E-state index in [0.717, 1.165) is 32.4 Å². The summed E-state index contributed by atoms with van der Waals surface area (Å²) >= 11 is 0. The van der Waals surface area contributed by atoms with Crippen LogP contribution in [0.4, 0.5) is 0 Å². The second kappa shape index (κ2) is 11.8. The molecule has 0 saturated heterocycles. The third kappa shape index (κ3) is 10.8. The number of amides is 1. The molecule has 0 bridgehead atoms. The second-order valence-corrected chi connectivity index (χ2v) is 5.64. The summed E-state index contributed by atoms with van der Waals surface area (Å²) in [6.07, 6.45) is 3.59. The minimum Gasteiger partial charge on any atom is -0.343 e. The fourth-order valence-electron chi connectivity index (χ4n) is 1.60. The molecule has 0 saturated carbocycles. The van der Waals surface area contributed by atoms with Gasteiger partial charge in [0.15, 0.2) is 0 Å². The lowest BCUT2D eigenvalue weighted by atomic mass is 10.1. The minimum atomic E-state index is 0. The molecule has 110 valence electrons. The van der Waals surface area contributed by atoms with Crippen LogP contribution in [-0.4, -0.2) is 30.4 Å². The minimum absolute atomic E-state index is 0. The van der Waals surface area contributed by atoms with Crippen LogP contribution < -0.4 is 5.73 Å². The number of hydrogen-bond donors (Lipinski definition) is 1. The third-order valence-corrected chi connectivity index (χ3v) is 2.90. The molecule has 2 N–H and O–H groups in total. The molecule has 0 unspecified atom stereocenters. The first-order valence-corrected chi connectivity index (χ1v) is 6.95. The smallest absolute Gasteiger partial charge is 0.222 e. The second-order valence-electron chi connectivity index (χ2n) is 5.64. The summed E-state index contributed by atoms with van der Waals surface area (Å²) in [7, 11) is 0. The van der Waals surface area contributed by atoms with Crippen LogP contribution in [0.5, 0.6) is 0 Å². The van der Waals surface area contributed by atoms with E-state index in [0.29, 0.717) is 24.8 Å². The average Bonchev–Trinajstić information content (AvgIpc) is 2.25. The van der Waals surface area contributed by atoms with Gasteiger partial charge in [0.05, 0.1) is 0 Å². The molecular weight excluding hydrogens is 248 g/mol. The number of carbonyl (C=O) groups is 1. The predicted molar refractivity (Wildman–Crippen MR) is 81.0 cm³/mol. The number of hydrogen-bond acceptors (Lipinski definition) is 2. The molecule has 1 amide bonds. The van der Waals surface area contributed by atoms with E-state index < -0.39 is 0 Å². The van der Waals surface area contributed by atoms with Crippen LogP contribution in [0.2, 0.25) is 0 Å². The quantitative estimate of drug-likeness (QED) is 0.705. The molecule has 3 nitrogen and oxygen atoms in total. The van der Waals surface area contributed by atoms with E-state index >= 15 is 0 Å². The summed E-state index contributed by atoms with van der Waals surface area (Å²) in [5.74, 6) is 1.58. The number of nitrogens with zero attached hydrogens (tertiary/aromatic N) is 1. The van der Waals surface area contributed by atoms with Crippen LogP contribution in [0.15, 0.2) is 0 Å². The van der Waals surface area contributed by atoms with Gasteiger partial charge in [-0.3, -0.25) is 4.79 Å². The molecule has 0 aromatic rings. The van der Waals surface area contributed by atoms with Gasteiger partial charge < -0.3 is 10.6 Å². The van der Waals surface area contributed by atoms with Crippen molar-refractivity contribution >= 4 is 18.3 Å². The number of carbonyl (C=O) groups excluding carboxylic acids is 1.